The molecule has 3 aromatic carbocycles. The van der Waals surface area contributed by atoms with Gasteiger partial charge in [-0.25, -0.2) is 0 Å². The number of amides is 1. The first-order valence-corrected chi connectivity index (χ1v) is 10.9. The van der Waals surface area contributed by atoms with Gasteiger partial charge in [0.25, 0.3) is 0 Å². The van der Waals surface area contributed by atoms with Gasteiger partial charge >= 0.3 is 0 Å². The van der Waals surface area contributed by atoms with Crippen molar-refractivity contribution < 1.29 is 14.3 Å². The highest BCUT2D eigenvalue weighted by atomic mass is 35.5. The van der Waals surface area contributed by atoms with Gasteiger partial charge in [-0.3, -0.25) is 4.79 Å². The summed E-state index contributed by atoms with van der Waals surface area (Å²) < 4.78 is 11.3. The van der Waals surface area contributed by atoms with E-state index in [1.165, 1.54) is 6.08 Å². The van der Waals surface area contributed by atoms with Crippen LogP contribution in [0.3, 0.4) is 0 Å². The van der Waals surface area contributed by atoms with Crippen LogP contribution in [-0.4, -0.2) is 13.0 Å². The molecule has 0 aromatic heterocycles. The number of hydrogen-bond donors (Lipinski definition) is 1. The third-order valence-electron chi connectivity index (χ3n) is 4.73. The van der Waals surface area contributed by atoms with E-state index in [-0.39, 0.29) is 12.5 Å². The van der Waals surface area contributed by atoms with Crippen molar-refractivity contribution in [1.29, 1.82) is 0 Å². The van der Waals surface area contributed by atoms with Crippen molar-refractivity contribution in [3.63, 3.8) is 0 Å². The Morgan fingerprint density at radius 2 is 1.69 bits per heavy atom. The largest absolute Gasteiger partial charge is 0.493 e. The van der Waals surface area contributed by atoms with E-state index in [4.69, 9.17) is 44.3 Å². The van der Waals surface area contributed by atoms with Gasteiger partial charge < -0.3 is 14.8 Å². The summed E-state index contributed by atoms with van der Waals surface area (Å²) in [5.41, 5.74) is 4.01. The average molecular weight is 491 g/mol. The Kier molecular flexibility index (Phi) is 8.08. The van der Waals surface area contributed by atoms with Crippen LogP contribution in [0.25, 0.3) is 6.08 Å². The van der Waals surface area contributed by atoms with Crippen LogP contribution < -0.4 is 14.8 Å². The molecule has 0 heterocycles. The normalized spacial score (nSPS) is 10.9. The quantitative estimate of drug-likeness (QED) is 0.349. The fourth-order valence-corrected chi connectivity index (χ4v) is 4.01. The number of carbonyl (C=O) groups is 1. The zero-order valence-electron chi connectivity index (χ0n) is 17.8. The average Bonchev–Trinajstić information content (AvgIpc) is 2.74. The van der Waals surface area contributed by atoms with Crippen LogP contribution in [0.5, 0.6) is 11.5 Å². The Morgan fingerprint density at radius 3 is 2.34 bits per heavy atom. The van der Waals surface area contributed by atoms with Gasteiger partial charge in [-0.05, 0) is 66.9 Å². The summed E-state index contributed by atoms with van der Waals surface area (Å²) in [7, 11) is 1.55. The van der Waals surface area contributed by atoms with Crippen molar-refractivity contribution in [1.82, 2.24) is 0 Å². The lowest BCUT2D eigenvalue weighted by Gasteiger charge is -2.13. The Morgan fingerprint density at radius 1 is 0.969 bits per heavy atom. The van der Waals surface area contributed by atoms with E-state index in [1.54, 1.807) is 43.5 Å². The fraction of sp³-hybridized carbons (Fsp3) is 0.160. The predicted molar refractivity (Wildman–Crippen MR) is 132 cm³/mol. The third-order valence-corrected chi connectivity index (χ3v) is 5.73. The number of carbonyl (C=O) groups excluding carboxylic acids is 1. The number of rotatable bonds is 7. The third kappa shape index (κ3) is 5.98. The number of halogens is 3. The van der Waals surface area contributed by atoms with E-state index in [9.17, 15) is 4.79 Å². The Balaban J connectivity index is 1.70. The molecular formula is C25H22Cl3NO3. The zero-order chi connectivity index (χ0) is 23.3. The molecule has 166 valence electrons. The lowest BCUT2D eigenvalue weighted by Crippen LogP contribution is -2.09. The summed E-state index contributed by atoms with van der Waals surface area (Å²) in [5.74, 6) is 0.770. The topological polar surface area (TPSA) is 47.6 Å². The minimum Gasteiger partial charge on any atom is -0.493 e. The minimum absolute atomic E-state index is 0.198. The van der Waals surface area contributed by atoms with Gasteiger partial charge in [-0.1, -0.05) is 53.0 Å². The van der Waals surface area contributed by atoms with E-state index in [1.807, 2.05) is 32.0 Å². The van der Waals surface area contributed by atoms with Crippen molar-refractivity contribution >= 4 is 52.5 Å². The van der Waals surface area contributed by atoms with Gasteiger partial charge in [0, 0.05) is 21.7 Å². The van der Waals surface area contributed by atoms with Crippen LogP contribution in [-0.2, 0) is 11.4 Å². The van der Waals surface area contributed by atoms with Crippen molar-refractivity contribution in [2.45, 2.75) is 20.5 Å². The number of aryl methyl sites for hydroxylation is 2. The van der Waals surface area contributed by atoms with Crippen molar-refractivity contribution in [3.8, 4) is 11.5 Å². The smallest absolute Gasteiger partial charge is 0.248 e. The first-order valence-electron chi connectivity index (χ1n) is 9.78. The Hall–Kier alpha value is -2.66. The lowest BCUT2D eigenvalue weighted by molar-refractivity contribution is -0.111. The summed E-state index contributed by atoms with van der Waals surface area (Å²) in [4.78, 5) is 12.4. The lowest BCUT2D eigenvalue weighted by atomic mass is 10.1. The SMILES string of the molecule is COc1cc(/C=C/C(=O)Nc2c(C)cc(C)cc2Cl)ccc1OCc1c(Cl)cccc1Cl. The molecule has 0 atom stereocenters. The maximum absolute atomic E-state index is 12.4. The van der Waals surface area contributed by atoms with Gasteiger partial charge in [-0.15, -0.1) is 0 Å². The number of nitrogens with one attached hydrogen (secondary N) is 1. The molecule has 3 aromatic rings. The highest BCUT2D eigenvalue weighted by Gasteiger charge is 2.11. The summed E-state index contributed by atoms with van der Waals surface area (Å²) in [6, 6.07) is 14.4. The molecule has 7 heteroatoms. The number of ether oxygens (including phenoxy) is 2. The summed E-state index contributed by atoms with van der Waals surface area (Å²) in [6.45, 7) is 4.05. The van der Waals surface area contributed by atoms with Crippen LogP contribution >= 0.6 is 34.8 Å². The van der Waals surface area contributed by atoms with E-state index < -0.39 is 0 Å². The standard InChI is InChI=1S/C25H22Cl3NO3/c1-15-11-16(2)25(21(28)12-15)29-24(30)10-8-17-7-9-22(23(13-17)31-3)32-14-18-19(26)5-4-6-20(18)27/h4-13H,14H2,1-3H3,(H,29,30)/b10-8+. The molecule has 0 spiro atoms. The number of benzene rings is 3. The molecule has 4 nitrogen and oxygen atoms in total. The molecule has 0 bridgehead atoms. The first-order chi connectivity index (χ1) is 15.3. The first kappa shape index (κ1) is 24.0. The second kappa shape index (κ2) is 10.8. The van der Waals surface area contributed by atoms with Crippen LogP contribution in [0.2, 0.25) is 15.1 Å². The molecule has 0 saturated carbocycles. The monoisotopic (exact) mass is 489 g/mol. The number of methoxy groups -OCH3 is 1. The highest BCUT2D eigenvalue weighted by molar-refractivity contribution is 6.36. The number of anilines is 1. The Labute approximate surface area is 202 Å². The van der Waals surface area contributed by atoms with Crippen LogP contribution in [0.4, 0.5) is 5.69 Å². The fourth-order valence-electron chi connectivity index (χ4n) is 3.14. The van der Waals surface area contributed by atoms with Crippen LogP contribution in [0, 0.1) is 13.8 Å². The number of hydrogen-bond acceptors (Lipinski definition) is 3. The maximum atomic E-state index is 12.4. The second-order valence-corrected chi connectivity index (χ2v) is 8.38. The molecule has 0 aliphatic heterocycles. The van der Waals surface area contributed by atoms with Crippen LogP contribution in [0.1, 0.15) is 22.3 Å². The molecular weight excluding hydrogens is 469 g/mol. The van der Waals surface area contributed by atoms with Gasteiger partial charge in [0.15, 0.2) is 11.5 Å². The predicted octanol–water partition coefficient (Wildman–Crippen LogP) is 7.50. The zero-order valence-corrected chi connectivity index (χ0v) is 20.1. The van der Waals surface area contributed by atoms with Gasteiger partial charge in [0.1, 0.15) is 6.61 Å². The minimum atomic E-state index is -0.286. The molecule has 1 N–H and O–H groups in total. The maximum Gasteiger partial charge on any atom is 0.248 e. The van der Waals surface area contributed by atoms with Gasteiger partial charge in [0.2, 0.25) is 5.91 Å². The molecule has 0 aliphatic carbocycles. The molecule has 0 unspecified atom stereocenters. The van der Waals surface area contributed by atoms with E-state index in [2.05, 4.69) is 5.32 Å². The molecule has 0 fully saturated rings. The summed E-state index contributed by atoms with van der Waals surface area (Å²) >= 11 is 18.7. The van der Waals surface area contributed by atoms with E-state index >= 15 is 0 Å². The van der Waals surface area contributed by atoms with E-state index in [0.29, 0.717) is 37.8 Å². The van der Waals surface area contributed by atoms with E-state index in [0.717, 1.165) is 16.7 Å². The molecule has 0 aliphatic rings. The van der Waals surface area contributed by atoms with Crippen molar-refractivity contribution in [3.05, 3.63) is 91.9 Å². The highest BCUT2D eigenvalue weighted by Crippen LogP contribution is 2.32. The Bertz CT molecular complexity index is 1130. The van der Waals surface area contributed by atoms with Crippen LogP contribution in [0.15, 0.2) is 54.6 Å². The molecule has 3 rings (SSSR count). The molecule has 1 amide bonds. The second-order valence-electron chi connectivity index (χ2n) is 7.16. The van der Waals surface area contributed by atoms with Gasteiger partial charge in [-0.2, -0.15) is 0 Å². The van der Waals surface area contributed by atoms with Crippen molar-refractivity contribution in [2.75, 3.05) is 12.4 Å². The molecule has 0 radical (unpaired) electrons. The van der Waals surface area contributed by atoms with Gasteiger partial charge in [0.05, 0.1) is 17.8 Å². The summed E-state index contributed by atoms with van der Waals surface area (Å²) in [6.07, 6.45) is 3.12. The van der Waals surface area contributed by atoms with Crippen molar-refractivity contribution in [2.24, 2.45) is 0 Å². The molecule has 32 heavy (non-hydrogen) atoms. The summed E-state index contributed by atoms with van der Waals surface area (Å²) in [5, 5.41) is 4.40. The molecule has 0 saturated heterocycles.